The molecule has 21 heavy (non-hydrogen) atoms. The Labute approximate surface area is 129 Å². The average molecular weight is 348 g/mol. The fraction of sp³-hybridized carbons (Fsp3) is 0.0625. The van der Waals surface area contributed by atoms with Crippen LogP contribution in [-0.4, -0.2) is 11.3 Å². The van der Waals surface area contributed by atoms with Gasteiger partial charge in [0.1, 0.15) is 0 Å². The Morgan fingerprint density at radius 2 is 2.10 bits per heavy atom. The van der Waals surface area contributed by atoms with Gasteiger partial charge in [0, 0.05) is 16.2 Å². The van der Waals surface area contributed by atoms with Crippen LogP contribution in [0.4, 0.5) is 4.39 Å². The number of allylic oxidation sites excluding steroid dienone is 2. The van der Waals surface area contributed by atoms with Crippen LogP contribution in [0.1, 0.15) is 0 Å². The topological polar surface area (TPSA) is 31.4 Å². The van der Waals surface area contributed by atoms with Gasteiger partial charge < -0.3 is 9.47 Å². The summed E-state index contributed by atoms with van der Waals surface area (Å²) in [7, 11) is 0. The van der Waals surface area contributed by atoms with Crippen molar-refractivity contribution in [1.82, 2.24) is 4.98 Å². The van der Waals surface area contributed by atoms with Gasteiger partial charge in [-0.05, 0) is 58.4 Å². The average Bonchev–Trinajstić information content (AvgIpc) is 2.51. The minimum atomic E-state index is -0.610. The molecule has 1 aromatic carbocycles. The predicted molar refractivity (Wildman–Crippen MR) is 81.1 cm³/mol. The van der Waals surface area contributed by atoms with Crippen LogP contribution in [0, 0.1) is 5.82 Å². The summed E-state index contributed by atoms with van der Waals surface area (Å²) in [6.07, 6.45) is 7.78. The third-order valence-corrected chi connectivity index (χ3v) is 3.34. The number of hydrogen-bond donors (Lipinski definition) is 0. The summed E-state index contributed by atoms with van der Waals surface area (Å²) in [5.41, 5.74) is 1.38. The van der Waals surface area contributed by atoms with E-state index in [4.69, 9.17) is 9.47 Å². The van der Waals surface area contributed by atoms with Gasteiger partial charge in [-0.25, -0.2) is 4.39 Å². The van der Waals surface area contributed by atoms with E-state index in [0.717, 1.165) is 4.47 Å². The number of benzene rings is 1. The molecule has 5 heteroatoms. The van der Waals surface area contributed by atoms with Crippen LogP contribution in [0.15, 0.2) is 65.5 Å². The largest absolute Gasteiger partial charge is 0.459 e. The molecule has 3 rings (SSSR count). The molecular formula is C16H11BrFNO2. The van der Waals surface area contributed by atoms with Crippen molar-refractivity contribution in [3.8, 4) is 17.0 Å². The van der Waals surface area contributed by atoms with E-state index in [-0.39, 0.29) is 5.75 Å². The highest BCUT2D eigenvalue weighted by atomic mass is 79.9. The Hall–Kier alpha value is -2.14. The predicted octanol–water partition coefficient (Wildman–Crippen LogP) is 4.46. The lowest BCUT2D eigenvalue weighted by atomic mass is 10.1. The second kappa shape index (κ2) is 6.10. The molecule has 2 aromatic rings. The van der Waals surface area contributed by atoms with Gasteiger partial charge in [-0.3, -0.25) is 4.98 Å². The maximum absolute atomic E-state index is 14.1. The van der Waals surface area contributed by atoms with E-state index in [1.54, 1.807) is 36.6 Å². The van der Waals surface area contributed by atoms with Gasteiger partial charge in [0.2, 0.25) is 0 Å². The van der Waals surface area contributed by atoms with Crippen molar-refractivity contribution >= 4 is 15.9 Å². The minimum Gasteiger partial charge on any atom is -0.459 e. The van der Waals surface area contributed by atoms with Crippen LogP contribution >= 0.6 is 15.9 Å². The van der Waals surface area contributed by atoms with Crippen molar-refractivity contribution in [1.29, 1.82) is 0 Å². The highest BCUT2D eigenvalue weighted by Crippen LogP contribution is 2.26. The lowest BCUT2D eigenvalue weighted by Gasteiger charge is -2.17. The Balaban J connectivity index is 1.81. The summed E-state index contributed by atoms with van der Waals surface area (Å²) in [4.78, 5) is 4.24. The molecular weight excluding hydrogens is 337 g/mol. The number of halogens is 2. The van der Waals surface area contributed by atoms with Crippen LogP contribution in [0.5, 0.6) is 5.75 Å². The highest BCUT2D eigenvalue weighted by molar-refractivity contribution is 9.10. The fourth-order valence-corrected chi connectivity index (χ4v) is 2.10. The highest BCUT2D eigenvalue weighted by Gasteiger charge is 2.12. The van der Waals surface area contributed by atoms with Crippen molar-refractivity contribution in [2.24, 2.45) is 0 Å². The Bertz CT molecular complexity index is 698. The van der Waals surface area contributed by atoms with Crippen LogP contribution in [0.2, 0.25) is 0 Å². The Morgan fingerprint density at radius 1 is 1.19 bits per heavy atom. The van der Waals surface area contributed by atoms with Gasteiger partial charge >= 0.3 is 0 Å². The smallest absolute Gasteiger partial charge is 0.260 e. The third-order valence-electron chi connectivity index (χ3n) is 2.87. The first kappa shape index (κ1) is 13.8. The zero-order valence-corrected chi connectivity index (χ0v) is 12.5. The number of nitrogens with zero attached hydrogens (tertiary/aromatic N) is 1. The molecule has 1 aromatic heterocycles. The second-order valence-electron chi connectivity index (χ2n) is 4.34. The van der Waals surface area contributed by atoms with E-state index in [0.29, 0.717) is 11.3 Å². The molecule has 1 aliphatic heterocycles. The van der Waals surface area contributed by atoms with Gasteiger partial charge in [-0.1, -0.05) is 6.08 Å². The van der Waals surface area contributed by atoms with Crippen LogP contribution in [-0.2, 0) is 4.74 Å². The molecule has 0 saturated heterocycles. The lowest BCUT2D eigenvalue weighted by molar-refractivity contribution is 0.00521. The molecule has 0 spiro atoms. The maximum atomic E-state index is 14.1. The summed E-state index contributed by atoms with van der Waals surface area (Å²) in [5.74, 6) is -0.315. The molecule has 2 heterocycles. The normalized spacial score (nSPS) is 16.6. The zero-order valence-electron chi connectivity index (χ0n) is 10.9. The van der Waals surface area contributed by atoms with E-state index >= 15 is 0 Å². The Morgan fingerprint density at radius 3 is 2.76 bits per heavy atom. The Kier molecular flexibility index (Phi) is 4.01. The third kappa shape index (κ3) is 3.31. The van der Waals surface area contributed by atoms with E-state index in [2.05, 4.69) is 20.9 Å². The van der Waals surface area contributed by atoms with Gasteiger partial charge in [-0.2, -0.15) is 0 Å². The summed E-state index contributed by atoms with van der Waals surface area (Å²) < 4.78 is 25.6. The van der Waals surface area contributed by atoms with Crippen LogP contribution < -0.4 is 4.74 Å². The SMILES string of the molecule is Fc1cc(-c2ccc(Br)cn2)ccc1OC1C=CC=CO1. The standard InChI is InChI=1S/C16H11BrFNO2/c17-12-5-6-14(19-10-12)11-4-7-15(13(18)9-11)21-16-3-1-2-8-20-16/h1-10,16H. The molecule has 0 radical (unpaired) electrons. The molecule has 0 aliphatic carbocycles. The maximum Gasteiger partial charge on any atom is 0.260 e. The van der Waals surface area contributed by atoms with Crippen LogP contribution in [0.25, 0.3) is 11.3 Å². The number of ether oxygens (including phenoxy) is 2. The van der Waals surface area contributed by atoms with Crippen molar-refractivity contribution < 1.29 is 13.9 Å². The van der Waals surface area contributed by atoms with Crippen molar-refractivity contribution in [3.05, 3.63) is 71.3 Å². The van der Waals surface area contributed by atoms with Crippen LogP contribution in [0.3, 0.4) is 0 Å². The van der Waals surface area contributed by atoms with Crippen molar-refractivity contribution in [3.63, 3.8) is 0 Å². The second-order valence-corrected chi connectivity index (χ2v) is 5.26. The van der Waals surface area contributed by atoms with E-state index < -0.39 is 12.1 Å². The summed E-state index contributed by atoms with van der Waals surface area (Å²) in [5, 5.41) is 0. The zero-order chi connectivity index (χ0) is 14.7. The molecule has 0 bridgehead atoms. The first-order valence-corrected chi connectivity index (χ1v) is 7.08. The minimum absolute atomic E-state index is 0.140. The van der Waals surface area contributed by atoms with Crippen molar-refractivity contribution in [2.75, 3.05) is 0 Å². The van der Waals surface area contributed by atoms with Crippen molar-refractivity contribution in [2.45, 2.75) is 6.29 Å². The quantitative estimate of drug-likeness (QED) is 0.821. The molecule has 1 atom stereocenters. The summed E-state index contributed by atoms with van der Waals surface area (Å²) >= 11 is 3.32. The molecule has 0 fully saturated rings. The number of hydrogen-bond acceptors (Lipinski definition) is 3. The number of pyridine rings is 1. The van der Waals surface area contributed by atoms with Gasteiger partial charge in [-0.15, -0.1) is 0 Å². The fourth-order valence-electron chi connectivity index (χ4n) is 1.86. The van der Waals surface area contributed by atoms with E-state index in [9.17, 15) is 4.39 Å². The molecule has 1 unspecified atom stereocenters. The number of rotatable bonds is 3. The van der Waals surface area contributed by atoms with Gasteiger partial charge in [0.25, 0.3) is 6.29 Å². The molecule has 3 nitrogen and oxygen atoms in total. The van der Waals surface area contributed by atoms with E-state index in [1.165, 1.54) is 12.3 Å². The number of aromatic nitrogens is 1. The van der Waals surface area contributed by atoms with Gasteiger partial charge in [0.05, 0.1) is 12.0 Å². The van der Waals surface area contributed by atoms with E-state index in [1.807, 2.05) is 12.1 Å². The van der Waals surface area contributed by atoms with Gasteiger partial charge in [0.15, 0.2) is 11.6 Å². The first-order valence-electron chi connectivity index (χ1n) is 6.29. The molecule has 1 aliphatic rings. The lowest BCUT2D eigenvalue weighted by Crippen LogP contribution is -2.17. The molecule has 0 saturated carbocycles. The first-order chi connectivity index (χ1) is 10.2. The monoisotopic (exact) mass is 347 g/mol. The molecule has 0 amide bonds. The summed E-state index contributed by atoms with van der Waals surface area (Å²) in [6, 6.07) is 8.41. The molecule has 0 N–H and O–H groups in total. The summed E-state index contributed by atoms with van der Waals surface area (Å²) in [6.45, 7) is 0. The molecule has 106 valence electrons.